The van der Waals surface area contributed by atoms with Crippen molar-refractivity contribution in [2.45, 2.75) is 70.9 Å². The van der Waals surface area contributed by atoms with Gasteiger partial charge in [-0.15, -0.1) is 0 Å². The molecule has 1 heterocycles. The summed E-state index contributed by atoms with van der Waals surface area (Å²) in [5.41, 5.74) is 0. The van der Waals surface area contributed by atoms with E-state index in [1.54, 1.807) is 7.05 Å². The minimum absolute atomic E-state index is 0.140. The van der Waals surface area contributed by atoms with E-state index in [0.717, 1.165) is 58.1 Å². The Kier molecular flexibility index (Phi) is 10.6. The molecule has 2 rings (SSSR count). The van der Waals surface area contributed by atoms with Crippen LogP contribution in [0.3, 0.4) is 0 Å². The summed E-state index contributed by atoms with van der Waals surface area (Å²) in [6.45, 7) is 9.61. The number of aliphatic imine (C=N–C) groups is 1. The minimum atomic E-state index is 0.140. The zero-order valence-electron chi connectivity index (χ0n) is 18.1. The second kappa shape index (κ2) is 13.0. The highest BCUT2D eigenvalue weighted by Crippen LogP contribution is 2.17. The topological polar surface area (TPSA) is 78.0 Å². The molecule has 0 radical (unpaired) electrons. The molecule has 7 heteroatoms. The second-order valence-electron chi connectivity index (χ2n) is 8.46. The lowest BCUT2D eigenvalue weighted by Gasteiger charge is -2.35. The van der Waals surface area contributed by atoms with Gasteiger partial charge in [-0.25, -0.2) is 0 Å². The van der Waals surface area contributed by atoms with Gasteiger partial charge in [0.05, 0.1) is 13.2 Å². The number of nitrogens with zero attached hydrogens (tertiary/aromatic N) is 2. The van der Waals surface area contributed by atoms with Crippen LogP contribution in [0.5, 0.6) is 0 Å². The van der Waals surface area contributed by atoms with Crippen molar-refractivity contribution in [1.82, 2.24) is 20.9 Å². The van der Waals surface area contributed by atoms with Crippen molar-refractivity contribution in [2.75, 3.05) is 46.4 Å². The van der Waals surface area contributed by atoms with E-state index in [0.29, 0.717) is 31.0 Å². The van der Waals surface area contributed by atoms with E-state index in [1.165, 1.54) is 19.3 Å². The van der Waals surface area contributed by atoms with Crippen LogP contribution in [-0.2, 0) is 9.53 Å². The average molecular weight is 396 g/mol. The summed E-state index contributed by atoms with van der Waals surface area (Å²) in [5.74, 6) is 1.56. The number of hydrogen-bond donors (Lipinski definition) is 3. The van der Waals surface area contributed by atoms with Gasteiger partial charge < -0.3 is 20.7 Å². The van der Waals surface area contributed by atoms with Crippen LogP contribution in [0.4, 0.5) is 0 Å². The van der Waals surface area contributed by atoms with Gasteiger partial charge in [0.1, 0.15) is 0 Å². The molecular weight excluding hydrogens is 354 g/mol. The van der Waals surface area contributed by atoms with Gasteiger partial charge >= 0.3 is 0 Å². The molecular formula is C21H41N5O2. The van der Waals surface area contributed by atoms with Crippen molar-refractivity contribution in [1.29, 1.82) is 0 Å². The fourth-order valence-corrected chi connectivity index (χ4v) is 4.12. The number of amides is 1. The molecule has 0 aromatic rings. The Morgan fingerprint density at radius 1 is 1.14 bits per heavy atom. The number of morpholine rings is 1. The molecule has 1 atom stereocenters. The summed E-state index contributed by atoms with van der Waals surface area (Å²) in [7, 11) is 1.78. The summed E-state index contributed by atoms with van der Waals surface area (Å²) in [6, 6.07) is 0.848. The Bertz CT molecular complexity index is 471. The quantitative estimate of drug-likeness (QED) is 0.409. The van der Waals surface area contributed by atoms with Crippen molar-refractivity contribution in [2.24, 2.45) is 10.9 Å². The van der Waals surface area contributed by atoms with Crippen LogP contribution in [0.15, 0.2) is 4.99 Å². The Morgan fingerprint density at radius 2 is 1.86 bits per heavy atom. The standard InChI is InChI=1S/C21H41N5O2/c1-17(2)15-19(26-11-13-28-14-12-26)16-24-21(22-3)23-10-9-20(27)25-18-7-5-4-6-8-18/h17-19H,4-16H2,1-3H3,(H,25,27)(H2,22,23,24). The highest BCUT2D eigenvalue weighted by molar-refractivity contribution is 5.81. The van der Waals surface area contributed by atoms with Gasteiger partial charge in [0.2, 0.25) is 5.91 Å². The zero-order chi connectivity index (χ0) is 20.2. The molecule has 7 nitrogen and oxygen atoms in total. The van der Waals surface area contributed by atoms with E-state index in [4.69, 9.17) is 4.74 Å². The molecule has 1 amide bonds. The molecule has 28 heavy (non-hydrogen) atoms. The number of carbonyl (C=O) groups excluding carboxylic acids is 1. The van der Waals surface area contributed by atoms with E-state index in [-0.39, 0.29) is 5.91 Å². The molecule has 2 aliphatic rings. The van der Waals surface area contributed by atoms with Crippen LogP contribution in [0.1, 0.15) is 58.8 Å². The van der Waals surface area contributed by atoms with Crippen molar-refractivity contribution in [3.05, 3.63) is 0 Å². The third-order valence-corrected chi connectivity index (χ3v) is 5.65. The Morgan fingerprint density at radius 3 is 2.50 bits per heavy atom. The predicted octanol–water partition coefficient (Wildman–Crippen LogP) is 1.74. The fourth-order valence-electron chi connectivity index (χ4n) is 4.12. The lowest BCUT2D eigenvalue weighted by atomic mass is 9.95. The molecule has 0 spiro atoms. The van der Waals surface area contributed by atoms with Crippen LogP contribution in [-0.4, -0.2) is 75.3 Å². The third-order valence-electron chi connectivity index (χ3n) is 5.65. The first-order valence-corrected chi connectivity index (χ1v) is 11.1. The maximum Gasteiger partial charge on any atom is 0.221 e. The summed E-state index contributed by atoms with van der Waals surface area (Å²) >= 11 is 0. The zero-order valence-corrected chi connectivity index (χ0v) is 18.1. The number of guanidine groups is 1. The lowest BCUT2D eigenvalue weighted by molar-refractivity contribution is -0.121. The molecule has 0 aromatic heterocycles. The van der Waals surface area contributed by atoms with Gasteiger partial charge in [-0.2, -0.15) is 0 Å². The first kappa shape index (κ1) is 22.9. The molecule has 3 N–H and O–H groups in total. The highest BCUT2D eigenvalue weighted by atomic mass is 16.5. The number of hydrogen-bond acceptors (Lipinski definition) is 4. The van der Waals surface area contributed by atoms with Crippen LogP contribution in [0.2, 0.25) is 0 Å². The molecule has 1 unspecified atom stereocenters. The monoisotopic (exact) mass is 395 g/mol. The number of ether oxygens (including phenoxy) is 1. The van der Waals surface area contributed by atoms with E-state index < -0.39 is 0 Å². The largest absolute Gasteiger partial charge is 0.379 e. The van der Waals surface area contributed by atoms with Crippen molar-refractivity contribution in [3.8, 4) is 0 Å². The molecule has 1 saturated heterocycles. The first-order valence-electron chi connectivity index (χ1n) is 11.1. The predicted molar refractivity (Wildman–Crippen MR) is 115 cm³/mol. The van der Waals surface area contributed by atoms with Crippen LogP contribution >= 0.6 is 0 Å². The lowest BCUT2D eigenvalue weighted by Crippen LogP contribution is -2.51. The van der Waals surface area contributed by atoms with Gasteiger partial charge in [-0.3, -0.25) is 14.7 Å². The second-order valence-corrected chi connectivity index (χ2v) is 8.46. The average Bonchev–Trinajstić information content (AvgIpc) is 2.70. The van der Waals surface area contributed by atoms with Gasteiger partial charge in [-0.05, 0) is 25.2 Å². The van der Waals surface area contributed by atoms with E-state index in [9.17, 15) is 4.79 Å². The van der Waals surface area contributed by atoms with Crippen LogP contribution in [0, 0.1) is 5.92 Å². The number of carbonyl (C=O) groups is 1. The van der Waals surface area contributed by atoms with Gasteiger partial charge in [-0.1, -0.05) is 33.1 Å². The highest BCUT2D eigenvalue weighted by Gasteiger charge is 2.22. The molecule has 0 bridgehead atoms. The van der Waals surface area contributed by atoms with E-state index in [2.05, 4.69) is 39.7 Å². The SMILES string of the molecule is CN=C(NCCC(=O)NC1CCCCC1)NCC(CC(C)C)N1CCOCC1. The Hall–Kier alpha value is -1.34. The Balaban J connectivity index is 1.68. The normalized spacial score (nSPS) is 20.8. The summed E-state index contributed by atoms with van der Waals surface area (Å²) in [6.07, 6.45) is 7.66. The maximum atomic E-state index is 12.1. The molecule has 1 saturated carbocycles. The van der Waals surface area contributed by atoms with Gasteiger partial charge in [0.25, 0.3) is 0 Å². The maximum absolute atomic E-state index is 12.1. The van der Waals surface area contributed by atoms with Gasteiger partial charge in [0.15, 0.2) is 5.96 Å². The van der Waals surface area contributed by atoms with Crippen molar-refractivity contribution < 1.29 is 9.53 Å². The molecule has 1 aliphatic carbocycles. The minimum Gasteiger partial charge on any atom is -0.379 e. The third kappa shape index (κ3) is 8.78. The van der Waals surface area contributed by atoms with Gasteiger partial charge in [0, 0.05) is 51.7 Å². The molecule has 0 aromatic carbocycles. The molecule has 1 aliphatic heterocycles. The van der Waals surface area contributed by atoms with Crippen LogP contribution < -0.4 is 16.0 Å². The van der Waals surface area contributed by atoms with E-state index >= 15 is 0 Å². The molecule has 2 fully saturated rings. The fraction of sp³-hybridized carbons (Fsp3) is 0.905. The van der Waals surface area contributed by atoms with Crippen molar-refractivity contribution in [3.63, 3.8) is 0 Å². The van der Waals surface area contributed by atoms with Crippen molar-refractivity contribution >= 4 is 11.9 Å². The van der Waals surface area contributed by atoms with E-state index in [1.807, 2.05) is 0 Å². The number of nitrogens with one attached hydrogen (secondary N) is 3. The van der Waals surface area contributed by atoms with Crippen LogP contribution in [0.25, 0.3) is 0 Å². The smallest absolute Gasteiger partial charge is 0.221 e. The summed E-state index contributed by atoms with van der Waals surface area (Å²) in [4.78, 5) is 19.0. The number of rotatable bonds is 9. The Labute approximate surface area is 171 Å². The summed E-state index contributed by atoms with van der Waals surface area (Å²) < 4.78 is 5.50. The molecule has 162 valence electrons. The summed E-state index contributed by atoms with van der Waals surface area (Å²) in [5, 5.41) is 9.90. The first-order chi connectivity index (χ1) is 13.6.